The number of rotatable bonds is 13. The summed E-state index contributed by atoms with van der Waals surface area (Å²) >= 11 is 17.8. The van der Waals surface area contributed by atoms with Gasteiger partial charge in [-0.15, -0.1) is 0 Å². The van der Waals surface area contributed by atoms with Crippen LogP contribution in [0.5, 0.6) is 0 Å². The lowest BCUT2D eigenvalue weighted by Crippen LogP contribution is -2.11. The molecule has 318 valence electrons. The smallest absolute Gasteiger partial charge is 0.230 e. The fourth-order valence-corrected chi connectivity index (χ4v) is 7.14. The molecule has 0 aliphatic heterocycles. The molecule has 0 bridgehead atoms. The molecule has 3 aromatic heterocycles. The normalized spacial score (nSPS) is 10.5. The highest BCUT2D eigenvalue weighted by Crippen LogP contribution is 2.27. The van der Waals surface area contributed by atoms with E-state index in [1.807, 2.05) is 13.8 Å². The van der Waals surface area contributed by atoms with Crippen LogP contribution in [-0.4, -0.2) is 31.1 Å². The number of carbonyl (C=O) groups is 3. The Kier molecular flexibility index (Phi) is 17.5. The summed E-state index contributed by atoms with van der Waals surface area (Å²) < 4.78 is 45.9. The summed E-state index contributed by atoms with van der Waals surface area (Å²) in [5, 5.41) is 0.979. The summed E-state index contributed by atoms with van der Waals surface area (Å²) in [6.45, 7) is 24.8. The third-order valence-corrected chi connectivity index (χ3v) is 10.8. The Hall–Kier alpha value is -6.36. The van der Waals surface area contributed by atoms with Gasteiger partial charge in [0, 0.05) is 76.5 Å². The third kappa shape index (κ3) is 12.4. The first-order valence-corrected chi connectivity index (χ1v) is 20.2. The minimum atomic E-state index is -0.404. The van der Waals surface area contributed by atoms with Crippen LogP contribution < -0.4 is 0 Å². The molecule has 62 heavy (non-hydrogen) atoms. The van der Waals surface area contributed by atoms with Crippen molar-refractivity contribution in [2.24, 2.45) is 14.1 Å². The van der Waals surface area contributed by atoms with Crippen molar-refractivity contribution in [2.75, 3.05) is 0 Å². The predicted molar refractivity (Wildman–Crippen MR) is 237 cm³/mol. The first-order valence-electron chi connectivity index (χ1n) is 19.1. The predicted octanol–water partition coefficient (Wildman–Crippen LogP) is 13.6. The first-order chi connectivity index (χ1) is 29.5. The number of halogens is 6. The molecule has 3 aromatic carbocycles. The lowest BCUT2D eigenvalue weighted by atomic mass is 10.1. The molecule has 0 amide bonds. The number of Topliss-reactive ketones (excluding diaryl/α,β-unsaturated/α-hetero) is 3. The molecule has 6 rings (SSSR count). The van der Waals surface area contributed by atoms with Crippen molar-refractivity contribution in [1.82, 2.24) is 13.7 Å². The summed E-state index contributed by atoms with van der Waals surface area (Å²) in [5.41, 5.74) is 3.27. The number of hydrogen-bond donors (Lipinski definition) is 0. The van der Waals surface area contributed by atoms with E-state index >= 15 is 0 Å². The van der Waals surface area contributed by atoms with Crippen LogP contribution in [0.2, 0.25) is 15.1 Å². The maximum Gasteiger partial charge on any atom is 0.230 e. The summed E-state index contributed by atoms with van der Waals surface area (Å²) in [6.07, 6.45) is 4.42. The zero-order valence-electron chi connectivity index (χ0n) is 34.2. The fourth-order valence-electron chi connectivity index (χ4n) is 6.37. The number of aromatic nitrogens is 3. The minimum Gasteiger partial charge on any atom is -0.364 e. The standard InChI is InChI=1S/C17H16ClFN2O.2C15H12ClFN2O/c1-11(2)21-10-12(20-3)9-16(21)17(22)8-7-13-14(18)5-4-6-15(13)19;1-18-15-9-7-13(19(15)2)14(20)8-6-10-11(16)4-3-5-12(10)17;1-18-10-8-14(19(2)9-10)15(20)7-6-11-12(16)4-3-5-13(11)17/h4-6,9-11H,7-8H2,1-2H3;3-5,7,9H,6,8H2,2H3;3-5,8-9H,6-7H2,2H3. The van der Waals surface area contributed by atoms with E-state index in [1.54, 1.807) is 72.0 Å². The van der Waals surface area contributed by atoms with Crippen LogP contribution in [-0.2, 0) is 33.4 Å². The molecular weight excluding hydrogens is 860 g/mol. The van der Waals surface area contributed by atoms with Crippen molar-refractivity contribution in [3.63, 3.8) is 0 Å². The van der Waals surface area contributed by atoms with Gasteiger partial charge in [0.1, 0.15) is 17.5 Å². The summed E-state index contributed by atoms with van der Waals surface area (Å²) in [6, 6.07) is 19.8. The van der Waals surface area contributed by atoms with E-state index in [0.717, 1.165) is 0 Å². The number of benzene rings is 3. The van der Waals surface area contributed by atoms with Crippen LogP contribution in [0.25, 0.3) is 14.5 Å². The molecule has 0 aliphatic carbocycles. The van der Waals surface area contributed by atoms with Gasteiger partial charge in [0.2, 0.25) is 23.0 Å². The number of aryl methyl sites for hydroxylation is 1. The van der Waals surface area contributed by atoms with Crippen molar-refractivity contribution < 1.29 is 27.6 Å². The van der Waals surface area contributed by atoms with Gasteiger partial charge in [-0.3, -0.25) is 19.0 Å². The topological polar surface area (TPSA) is 79.1 Å². The van der Waals surface area contributed by atoms with Crippen molar-refractivity contribution >= 4 is 69.3 Å². The van der Waals surface area contributed by atoms with Gasteiger partial charge in [-0.2, -0.15) is 0 Å². The lowest BCUT2D eigenvalue weighted by Gasteiger charge is -2.12. The number of ketones is 3. The van der Waals surface area contributed by atoms with E-state index < -0.39 is 17.5 Å². The summed E-state index contributed by atoms with van der Waals surface area (Å²) in [7, 11) is 3.37. The van der Waals surface area contributed by atoms with Gasteiger partial charge in [0.15, 0.2) is 17.3 Å². The largest absolute Gasteiger partial charge is 0.364 e. The Morgan fingerprint density at radius 3 is 1.35 bits per heavy atom. The van der Waals surface area contributed by atoms with Crippen molar-refractivity contribution in [2.45, 2.75) is 58.4 Å². The van der Waals surface area contributed by atoms with E-state index in [1.165, 1.54) is 47.0 Å². The lowest BCUT2D eigenvalue weighted by molar-refractivity contribution is 0.0965. The highest BCUT2D eigenvalue weighted by molar-refractivity contribution is 6.32. The Morgan fingerprint density at radius 1 is 0.581 bits per heavy atom. The Morgan fingerprint density at radius 2 is 0.984 bits per heavy atom. The molecular formula is C47H40Cl3F3N6O3. The molecule has 9 nitrogen and oxygen atoms in total. The molecule has 0 saturated heterocycles. The van der Waals surface area contributed by atoms with E-state index in [4.69, 9.17) is 54.5 Å². The second-order valence-corrected chi connectivity index (χ2v) is 15.3. The molecule has 0 radical (unpaired) electrons. The SMILES string of the molecule is [C-]#[N+]c1cc(C(=O)CCc2c(F)cccc2Cl)n(C(C)C)c1.[C-]#[N+]c1cc(C(=O)CCc2c(F)cccc2Cl)n(C)c1.[C-]#[N+]c1ccc(C(=O)CCc2c(F)cccc2Cl)n1C. The molecule has 0 fully saturated rings. The molecule has 0 saturated carbocycles. The van der Waals surface area contributed by atoms with Gasteiger partial charge in [0.05, 0.1) is 31.6 Å². The molecule has 15 heteroatoms. The molecule has 0 aliphatic rings. The van der Waals surface area contributed by atoms with E-state index in [2.05, 4.69) is 14.5 Å². The van der Waals surface area contributed by atoms with Gasteiger partial charge < -0.3 is 14.0 Å². The van der Waals surface area contributed by atoms with Crippen LogP contribution in [0.3, 0.4) is 0 Å². The number of nitrogens with zero attached hydrogens (tertiary/aromatic N) is 6. The van der Waals surface area contributed by atoms with Crippen molar-refractivity contribution in [1.29, 1.82) is 0 Å². The summed E-state index contributed by atoms with van der Waals surface area (Å²) in [4.78, 5) is 46.5. The quantitative estimate of drug-likeness (QED) is 0.0855. The van der Waals surface area contributed by atoms with Crippen LogP contribution in [0.4, 0.5) is 30.4 Å². The molecule has 0 N–H and O–H groups in total. The van der Waals surface area contributed by atoms with E-state index in [0.29, 0.717) is 66.0 Å². The van der Waals surface area contributed by atoms with Crippen LogP contribution >= 0.6 is 34.8 Å². The van der Waals surface area contributed by atoms with E-state index in [9.17, 15) is 27.6 Å². The van der Waals surface area contributed by atoms with Gasteiger partial charge in [-0.1, -0.05) is 59.6 Å². The monoisotopic (exact) mass is 898 g/mol. The van der Waals surface area contributed by atoms with Crippen molar-refractivity contribution in [3.05, 3.63) is 192 Å². The molecule has 0 spiro atoms. The minimum absolute atomic E-state index is 0.0755. The van der Waals surface area contributed by atoms with Gasteiger partial charge in [-0.05, 0) is 93.8 Å². The zero-order chi connectivity index (χ0) is 45.7. The Labute approximate surface area is 373 Å². The highest BCUT2D eigenvalue weighted by atomic mass is 35.5. The number of carbonyl (C=O) groups excluding carboxylic acids is 3. The van der Waals surface area contributed by atoms with Crippen LogP contribution in [0.15, 0.2) is 91.3 Å². The Bertz CT molecular complexity index is 2610. The second kappa shape index (κ2) is 22.5. The molecule has 0 unspecified atom stereocenters. The first kappa shape index (κ1) is 48.3. The zero-order valence-corrected chi connectivity index (χ0v) is 36.4. The molecule has 3 heterocycles. The highest BCUT2D eigenvalue weighted by Gasteiger charge is 2.19. The van der Waals surface area contributed by atoms with Gasteiger partial charge in [-0.25, -0.2) is 22.9 Å². The maximum atomic E-state index is 13.7. The second-order valence-electron chi connectivity index (χ2n) is 14.1. The number of hydrogen-bond acceptors (Lipinski definition) is 3. The van der Waals surface area contributed by atoms with Crippen molar-refractivity contribution in [3.8, 4) is 0 Å². The molecule has 6 aromatic rings. The summed E-state index contributed by atoms with van der Waals surface area (Å²) in [5.74, 6) is -1.21. The average Bonchev–Trinajstić information content (AvgIpc) is 3.96. The Balaban J connectivity index is 0.000000205. The molecule has 0 atom stereocenters. The third-order valence-electron chi connectivity index (χ3n) is 9.70. The van der Waals surface area contributed by atoms with Gasteiger partial charge >= 0.3 is 0 Å². The van der Waals surface area contributed by atoms with E-state index in [-0.39, 0.29) is 61.9 Å². The van der Waals surface area contributed by atoms with Gasteiger partial charge in [0.25, 0.3) is 0 Å². The van der Waals surface area contributed by atoms with Crippen LogP contribution in [0, 0.1) is 37.2 Å². The fraction of sp³-hybridized carbons (Fsp3) is 0.234. The van der Waals surface area contributed by atoms with Crippen LogP contribution in [0.1, 0.15) is 87.3 Å². The average molecular weight is 900 g/mol. The maximum absolute atomic E-state index is 13.7.